The molecule has 0 aromatic heterocycles. The standard InChI is InChI=1S/C16H19FO3/c17-14-9-5-6-12(10-11-15(18)19)16(14)20-13-7-3-1-2-4-8-13/h5-6,9-11,13H,1-4,7-8H2,(H,18,19)/b11-10+. The van der Waals surface area contributed by atoms with E-state index in [2.05, 4.69) is 0 Å². The highest BCUT2D eigenvalue weighted by atomic mass is 19.1. The van der Waals surface area contributed by atoms with Crippen LogP contribution in [0.4, 0.5) is 4.39 Å². The van der Waals surface area contributed by atoms with Crippen molar-refractivity contribution in [2.24, 2.45) is 0 Å². The summed E-state index contributed by atoms with van der Waals surface area (Å²) in [6, 6.07) is 4.55. The molecule has 1 aliphatic rings. The lowest BCUT2D eigenvalue weighted by Gasteiger charge is -2.19. The number of para-hydroxylation sites is 1. The predicted molar refractivity (Wildman–Crippen MR) is 75.2 cm³/mol. The Morgan fingerprint density at radius 1 is 1.25 bits per heavy atom. The molecule has 0 aliphatic heterocycles. The maximum Gasteiger partial charge on any atom is 0.328 e. The molecule has 0 bridgehead atoms. The van der Waals surface area contributed by atoms with Gasteiger partial charge in [0.2, 0.25) is 0 Å². The summed E-state index contributed by atoms with van der Waals surface area (Å²) in [5, 5.41) is 8.67. The Kier molecular flexibility index (Phi) is 5.16. The molecule has 1 saturated carbocycles. The zero-order chi connectivity index (χ0) is 14.4. The molecule has 3 nitrogen and oxygen atoms in total. The van der Waals surface area contributed by atoms with Crippen LogP contribution < -0.4 is 4.74 Å². The average Bonchev–Trinajstić information content (AvgIpc) is 2.68. The van der Waals surface area contributed by atoms with Gasteiger partial charge in [-0.2, -0.15) is 0 Å². The second kappa shape index (κ2) is 7.08. The fraction of sp³-hybridized carbons (Fsp3) is 0.438. The van der Waals surface area contributed by atoms with Gasteiger partial charge >= 0.3 is 5.97 Å². The molecule has 2 rings (SSSR count). The molecule has 4 heteroatoms. The van der Waals surface area contributed by atoms with Gasteiger partial charge in [0, 0.05) is 11.6 Å². The summed E-state index contributed by atoms with van der Waals surface area (Å²) in [4.78, 5) is 10.6. The van der Waals surface area contributed by atoms with Gasteiger partial charge in [0.05, 0.1) is 6.10 Å². The van der Waals surface area contributed by atoms with E-state index in [0.717, 1.165) is 31.8 Å². The van der Waals surface area contributed by atoms with Crippen molar-refractivity contribution in [2.75, 3.05) is 0 Å². The Bertz CT molecular complexity index is 488. The van der Waals surface area contributed by atoms with Crippen molar-refractivity contribution in [2.45, 2.75) is 44.6 Å². The number of aliphatic carboxylic acids is 1. The SMILES string of the molecule is O=C(O)/C=C/c1cccc(F)c1OC1CCCCCC1. The summed E-state index contributed by atoms with van der Waals surface area (Å²) >= 11 is 0. The first kappa shape index (κ1) is 14.6. The summed E-state index contributed by atoms with van der Waals surface area (Å²) in [7, 11) is 0. The molecule has 0 spiro atoms. The largest absolute Gasteiger partial charge is 0.487 e. The van der Waals surface area contributed by atoms with Crippen molar-refractivity contribution in [1.29, 1.82) is 0 Å². The Morgan fingerprint density at radius 3 is 2.60 bits per heavy atom. The minimum absolute atomic E-state index is 0.0198. The lowest BCUT2D eigenvalue weighted by molar-refractivity contribution is -0.131. The van der Waals surface area contributed by atoms with Gasteiger partial charge in [-0.05, 0) is 37.8 Å². The normalized spacial score (nSPS) is 17.1. The third kappa shape index (κ3) is 4.08. The highest BCUT2D eigenvalue weighted by Crippen LogP contribution is 2.28. The number of hydrogen-bond acceptors (Lipinski definition) is 2. The van der Waals surface area contributed by atoms with E-state index in [4.69, 9.17) is 9.84 Å². The quantitative estimate of drug-likeness (QED) is 0.668. The van der Waals surface area contributed by atoms with Gasteiger partial charge in [0.25, 0.3) is 0 Å². The second-order valence-electron chi connectivity index (χ2n) is 5.06. The van der Waals surface area contributed by atoms with Crippen LogP contribution in [0.2, 0.25) is 0 Å². The molecule has 0 heterocycles. The van der Waals surface area contributed by atoms with Gasteiger partial charge in [-0.1, -0.05) is 25.0 Å². The van der Waals surface area contributed by atoms with Crippen molar-refractivity contribution in [1.82, 2.24) is 0 Å². The van der Waals surface area contributed by atoms with Crippen LogP contribution in [0.25, 0.3) is 6.08 Å². The third-order valence-electron chi connectivity index (χ3n) is 3.49. The van der Waals surface area contributed by atoms with Gasteiger partial charge in [-0.3, -0.25) is 0 Å². The molecule has 0 radical (unpaired) electrons. The number of carboxylic acids is 1. The third-order valence-corrected chi connectivity index (χ3v) is 3.49. The van der Waals surface area contributed by atoms with Crippen LogP contribution in [0.1, 0.15) is 44.1 Å². The lowest BCUT2D eigenvalue weighted by atomic mass is 10.1. The molecule has 0 atom stereocenters. The van der Waals surface area contributed by atoms with Crippen molar-refractivity contribution >= 4 is 12.0 Å². The van der Waals surface area contributed by atoms with Crippen molar-refractivity contribution in [3.8, 4) is 5.75 Å². The van der Waals surface area contributed by atoms with E-state index in [1.54, 1.807) is 12.1 Å². The second-order valence-corrected chi connectivity index (χ2v) is 5.06. The van der Waals surface area contributed by atoms with E-state index in [-0.39, 0.29) is 11.9 Å². The topological polar surface area (TPSA) is 46.5 Å². The number of benzene rings is 1. The monoisotopic (exact) mass is 278 g/mol. The molecule has 1 fully saturated rings. The smallest absolute Gasteiger partial charge is 0.328 e. The molecular formula is C16H19FO3. The fourth-order valence-electron chi connectivity index (χ4n) is 2.47. The number of carbonyl (C=O) groups is 1. The molecule has 1 aromatic carbocycles. The summed E-state index contributed by atoms with van der Waals surface area (Å²) in [6.07, 6.45) is 8.83. The first-order valence-electron chi connectivity index (χ1n) is 7.03. The zero-order valence-electron chi connectivity index (χ0n) is 11.3. The van der Waals surface area contributed by atoms with Gasteiger partial charge < -0.3 is 9.84 Å². The molecule has 1 aromatic rings. The van der Waals surface area contributed by atoms with Crippen LogP contribution >= 0.6 is 0 Å². The van der Waals surface area contributed by atoms with Gasteiger partial charge in [0.1, 0.15) is 0 Å². The van der Waals surface area contributed by atoms with E-state index >= 15 is 0 Å². The predicted octanol–water partition coefficient (Wildman–Crippen LogP) is 4.03. The maximum atomic E-state index is 13.9. The molecule has 108 valence electrons. The van der Waals surface area contributed by atoms with E-state index in [1.165, 1.54) is 25.0 Å². The maximum absolute atomic E-state index is 13.9. The van der Waals surface area contributed by atoms with Crippen molar-refractivity contribution < 1.29 is 19.0 Å². The summed E-state index contributed by atoms with van der Waals surface area (Å²) < 4.78 is 19.7. The number of hydrogen-bond donors (Lipinski definition) is 1. The summed E-state index contributed by atoms with van der Waals surface area (Å²) in [5.74, 6) is -1.34. The highest BCUT2D eigenvalue weighted by Gasteiger charge is 2.17. The molecule has 1 N–H and O–H groups in total. The van der Waals surface area contributed by atoms with Crippen LogP contribution in [0.15, 0.2) is 24.3 Å². The number of halogens is 1. The van der Waals surface area contributed by atoms with E-state index in [9.17, 15) is 9.18 Å². The summed E-state index contributed by atoms with van der Waals surface area (Å²) in [6.45, 7) is 0. The highest BCUT2D eigenvalue weighted by molar-refractivity contribution is 5.85. The van der Waals surface area contributed by atoms with Crippen LogP contribution in [0.5, 0.6) is 5.75 Å². The Balaban J connectivity index is 2.18. The molecule has 0 amide bonds. The Morgan fingerprint density at radius 2 is 1.95 bits per heavy atom. The van der Waals surface area contributed by atoms with Crippen molar-refractivity contribution in [3.05, 3.63) is 35.7 Å². The minimum Gasteiger partial charge on any atom is -0.487 e. The molecule has 0 unspecified atom stereocenters. The number of carboxylic acid groups (broad SMARTS) is 1. The average molecular weight is 278 g/mol. The number of rotatable bonds is 4. The molecule has 0 saturated heterocycles. The van der Waals surface area contributed by atoms with E-state index in [0.29, 0.717) is 5.56 Å². The molecule has 20 heavy (non-hydrogen) atoms. The van der Waals surface area contributed by atoms with Crippen LogP contribution in [0.3, 0.4) is 0 Å². The van der Waals surface area contributed by atoms with Crippen molar-refractivity contribution in [3.63, 3.8) is 0 Å². The van der Waals surface area contributed by atoms with E-state index < -0.39 is 11.8 Å². The zero-order valence-corrected chi connectivity index (χ0v) is 11.3. The lowest BCUT2D eigenvalue weighted by Crippen LogP contribution is -2.16. The number of ether oxygens (including phenoxy) is 1. The first-order valence-corrected chi connectivity index (χ1v) is 7.03. The van der Waals surface area contributed by atoms with Crippen LogP contribution in [-0.4, -0.2) is 17.2 Å². The van der Waals surface area contributed by atoms with Crippen LogP contribution in [-0.2, 0) is 4.79 Å². The Hall–Kier alpha value is -1.84. The van der Waals surface area contributed by atoms with Gasteiger partial charge in [-0.25, -0.2) is 9.18 Å². The van der Waals surface area contributed by atoms with Gasteiger partial charge in [-0.15, -0.1) is 0 Å². The minimum atomic E-state index is -1.06. The molecular weight excluding hydrogens is 259 g/mol. The fourth-order valence-corrected chi connectivity index (χ4v) is 2.47. The molecule has 1 aliphatic carbocycles. The first-order chi connectivity index (χ1) is 9.66. The van der Waals surface area contributed by atoms with Gasteiger partial charge in [0.15, 0.2) is 11.6 Å². The van der Waals surface area contributed by atoms with E-state index in [1.807, 2.05) is 0 Å². The van der Waals surface area contributed by atoms with Crippen LogP contribution in [0, 0.1) is 5.82 Å². The Labute approximate surface area is 118 Å². The summed E-state index contributed by atoms with van der Waals surface area (Å²) in [5.41, 5.74) is 0.469.